The van der Waals surface area contributed by atoms with Crippen molar-refractivity contribution in [2.75, 3.05) is 0 Å². The summed E-state index contributed by atoms with van der Waals surface area (Å²) in [6.45, 7) is 10.9. The van der Waals surface area contributed by atoms with Gasteiger partial charge in [-0.2, -0.15) is 0 Å². The minimum Gasteiger partial charge on any atom is -0.444 e. The Morgan fingerprint density at radius 3 is 2.74 bits per heavy atom. The second-order valence-electron chi connectivity index (χ2n) is 6.05. The Kier molecular flexibility index (Phi) is 4.98. The highest BCUT2D eigenvalue weighted by atomic mass is 16.6. The van der Waals surface area contributed by atoms with E-state index in [1.54, 1.807) is 6.08 Å². The van der Waals surface area contributed by atoms with Crippen LogP contribution in [0.5, 0.6) is 0 Å². The molecular weight excluding hydrogens is 246 g/mol. The molecule has 1 aliphatic heterocycles. The standard InChI is InChI=1S/C14H25NO4/c1-6-8-14(17)9-7-11(10(2)18-14)15-12(16)19-13(3,4)5/h6,10-11,17H,1,7-9H2,2-5H3,(H,15,16)/t10-,11?,14?/m1/s1. The van der Waals surface area contributed by atoms with Crippen LogP contribution in [0.1, 0.15) is 47.0 Å². The Hall–Kier alpha value is -1.07. The first-order valence-electron chi connectivity index (χ1n) is 6.66. The zero-order chi connectivity index (χ0) is 14.7. The third kappa shape index (κ3) is 5.20. The predicted octanol–water partition coefficient (Wildman–Crippen LogP) is 2.34. The fourth-order valence-corrected chi connectivity index (χ4v) is 2.13. The molecule has 1 fully saturated rings. The lowest BCUT2D eigenvalue weighted by molar-refractivity contribution is -0.253. The number of carbonyl (C=O) groups is 1. The SMILES string of the molecule is C=CCC1(O)CCC(NC(=O)OC(C)(C)C)[C@@H](C)O1. The Morgan fingerprint density at radius 2 is 2.26 bits per heavy atom. The first kappa shape index (κ1) is 16.0. The van der Waals surface area contributed by atoms with Gasteiger partial charge in [-0.05, 0) is 34.1 Å². The summed E-state index contributed by atoms with van der Waals surface area (Å²) in [6, 6.07) is -0.153. The van der Waals surface area contributed by atoms with Crippen molar-refractivity contribution in [3.8, 4) is 0 Å². The normalized spacial score (nSPS) is 31.6. The number of ether oxygens (including phenoxy) is 2. The molecule has 5 heteroatoms. The summed E-state index contributed by atoms with van der Waals surface area (Å²) in [5, 5.41) is 12.9. The Balaban J connectivity index is 2.50. The lowest BCUT2D eigenvalue weighted by atomic mass is 9.95. The van der Waals surface area contributed by atoms with Crippen molar-refractivity contribution < 1.29 is 19.4 Å². The van der Waals surface area contributed by atoms with Crippen LogP contribution < -0.4 is 5.32 Å². The van der Waals surface area contributed by atoms with E-state index in [0.29, 0.717) is 19.3 Å². The van der Waals surface area contributed by atoms with Crippen LogP contribution in [0.15, 0.2) is 12.7 Å². The fraction of sp³-hybridized carbons (Fsp3) is 0.786. The predicted molar refractivity (Wildman–Crippen MR) is 72.7 cm³/mol. The first-order valence-corrected chi connectivity index (χ1v) is 6.66. The lowest BCUT2D eigenvalue weighted by Gasteiger charge is -2.40. The average Bonchev–Trinajstić information content (AvgIpc) is 2.20. The van der Waals surface area contributed by atoms with Crippen LogP contribution in [0.4, 0.5) is 4.79 Å². The molecule has 5 nitrogen and oxygen atoms in total. The van der Waals surface area contributed by atoms with Gasteiger partial charge in [0.1, 0.15) is 5.60 Å². The summed E-state index contributed by atoms with van der Waals surface area (Å²) in [7, 11) is 0. The quantitative estimate of drug-likeness (QED) is 0.773. The van der Waals surface area contributed by atoms with Gasteiger partial charge in [0.2, 0.25) is 0 Å². The summed E-state index contributed by atoms with van der Waals surface area (Å²) in [4.78, 5) is 11.7. The van der Waals surface area contributed by atoms with Gasteiger partial charge in [-0.25, -0.2) is 4.79 Å². The van der Waals surface area contributed by atoms with E-state index in [9.17, 15) is 9.90 Å². The summed E-state index contributed by atoms with van der Waals surface area (Å²) in [6.07, 6.45) is 2.40. The summed E-state index contributed by atoms with van der Waals surface area (Å²) >= 11 is 0. The number of alkyl carbamates (subject to hydrolysis) is 1. The highest BCUT2D eigenvalue weighted by molar-refractivity contribution is 5.68. The molecule has 3 atom stereocenters. The number of amides is 1. The van der Waals surface area contributed by atoms with Crippen LogP contribution >= 0.6 is 0 Å². The first-order chi connectivity index (χ1) is 8.65. The molecule has 110 valence electrons. The van der Waals surface area contributed by atoms with Crippen molar-refractivity contribution in [2.24, 2.45) is 0 Å². The van der Waals surface area contributed by atoms with Gasteiger partial charge in [0.05, 0.1) is 12.1 Å². The van der Waals surface area contributed by atoms with Gasteiger partial charge >= 0.3 is 6.09 Å². The van der Waals surface area contributed by atoms with E-state index < -0.39 is 17.5 Å². The fourth-order valence-electron chi connectivity index (χ4n) is 2.13. The largest absolute Gasteiger partial charge is 0.444 e. The maximum atomic E-state index is 11.7. The Bertz CT molecular complexity index is 337. The molecule has 2 N–H and O–H groups in total. The van der Waals surface area contributed by atoms with Gasteiger partial charge in [-0.3, -0.25) is 0 Å². The number of hydrogen-bond acceptors (Lipinski definition) is 4. The summed E-state index contributed by atoms with van der Waals surface area (Å²) in [5.41, 5.74) is -0.521. The average molecular weight is 271 g/mol. The van der Waals surface area contributed by atoms with E-state index in [1.807, 2.05) is 27.7 Å². The molecule has 1 heterocycles. The van der Waals surface area contributed by atoms with E-state index in [4.69, 9.17) is 9.47 Å². The Morgan fingerprint density at radius 1 is 1.63 bits per heavy atom. The van der Waals surface area contributed by atoms with Crippen molar-refractivity contribution in [1.29, 1.82) is 0 Å². The molecule has 0 bridgehead atoms. The van der Waals surface area contributed by atoms with Gasteiger partial charge in [0.25, 0.3) is 0 Å². The third-order valence-electron chi connectivity index (χ3n) is 2.98. The Labute approximate surface area is 115 Å². The van der Waals surface area contributed by atoms with Crippen molar-refractivity contribution in [2.45, 2.75) is 70.5 Å². The van der Waals surface area contributed by atoms with E-state index in [2.05, 4.69) is 11.9 Å². The molecule has 0 saturated carbocycles. The monoisotopic (exact) mass is 271 g/mol. The molecule has 1 rings (SSSR count). The summed E-state index contributed by atoms with van der Waals surface area (Å²) < 4.78 is 10.8. The van der Waals surface area contributed by atoms with Gasteiger partial charge < -0.3 is 19.9 Å². The molecule has 0 aromatic heterocycles. The summed E-state index contributed by atoms with van der Waals surface area (Å²) in [5.74, 6) is -1.16. The molecule has 0 radical (unpaired) electrons. The second-order valence-corrected chi connectivity index (χ2v) is 6.05. The molecule has 1 saturated heterocycles. The highest BCUT2D eigenvalue weighted by Crippen LogP contribution is 2.29. The second kappa shape index (κ2) is 5.92. The number of hydrogen-bond donors (Lipinski definition) is 2. The molecule has 2 unspecified atom stereocenters. The van der Waals surface area contributed by atoms with Crippen LogP contribution in [0.3, 0.4) is 0 Å². The molecule has 0 spiro atoms. The van der Waals surface area contributed by atoms with Crippen molar-refractivity contribution in [1.82, 2.24) is 5.32 Å². The number of nitrogens with one attached hydrogen (secondary N) is 1. The van der Waals surface area contributed by atoms with E-state index in [-0.39, 0.29) is 12.1 Å². The molecule has 1 amide bonds. The zero-order valence-electron chi connectivity index (χ0n) is 12.2. The maximum Gasteiger partial charge on any atom is 0.407 e. The van der Waals surface area contributed by atoms with Crippen molar-refractivity contribution in [3.05, 3.63) is 12.7 Å². The van der Waals surface area contributed by atoms with Crippen LogP contribution in [0.25, 0.3) is 0 Å². The minimum absolute atomic E-state index is 0.153. The zero-order valence-corrected chi connectivity index (χ0v) is 12.2. The number of rotatable bonds is 3. The van der Waals surface area contributed by atoms with Crippen molar-refractivity contribution >= 4 is 6.09 Å². The van der Waals surface area contributed by atoms with Crippen LogP contribution in [0.2, 0.25) is 0 Å². The maximum absolute atomic E-state index is 11.7. The van der Waals surface area contributed by atoms with E-state index in [0.717, 1.165) is 0 Å². The van der Waals surface area contributed by atoms with Crippen LogP contribution in [0, 0.1) is 0 Å². The molecule has 0 aromatic rings. The van der Waals surface area contributed by atoms with Crippen LogP contribution in [-0.2, 0) is 9.47 Å². The molecule has 1 aliphatic rings. The van der Waals surface area contributed by atoms with Crippen LogP contribution in [-0.4, -0.2) is 34.7 Å². The lowest BCUT2D eigenvalue weighted by Crippen LogP contribution is -2.53. The van der Waals surface area contributed by atoms with E-state index in [1.165, 1.54) is 0 Å². The molecule has 19 heavy (non-hydrogen) atoms. The number of aliphatic hydroxyl groups is 1. The number of carbonyl (C=O) groups excluding carboxylic acids is 1. The molecule has 0 aliphatic carbocycles. The topological polar surface area (TPSA) is 67.8 Å². The van der Waals surface area contributed by atoms with Gasteiger partial charge in [0, 0.05) is 12.8 Å². The molecular formula is C14H25NO4. The highest BCUT2D eigenvalue weighted by Gasteiger charge is 2.38. The van der Waals surface area contributed by atoms with Gasteiger partial charge in [-0.15, -0.1) is 6.58 Å². The van der Waals surface area contributed by atoms with Gasteiger partial charge in [-0.1, -0.05) is 6.08 Å². The van der Waals surface area contributed by atoms with Crippen molar-refractivity contribution in [3.63, 3.8) is 0 Å². The van der Waals surface area contributed by atoms with E-state index >= 15 is 0 Å². The molecule has 0 aromatic carbocycles. The minimum atomic E-state index is -1.16. The smallest absolute Gasteiger partial charge is 0.407 e. The van der Waals surface area contributed by atoms with Gasteiger partial charge in [0.15, 0.2) is 5.79 Å². The third-order valence-corrected chi connectivity index (χ3v) is 2.98.